The van der Waals surface area contributed by atoms with E-state index in [1.54, 1.807) is 24.3 Å². The second kappa shape index (κ2) is 15.7. The average molecular weight is 629 g/mol. The van der Waals surface area contributed by atoms with Crippen molar-refractivity contribution in [1.29, 1.82) is 0 Å². The molecular formula is C38H48O6Si. The maximum Gasteiger partial charge on any atom is 0.340 e. The summed E-state index contributed by atoms with van der Waals surface area (Å²) in [5.41, 5.74) is 0.0944. The van der Waals surface area contributed by atoms with Crippen LogP contribution in [0.1, 0.15) is 77.1 Å². The van der Waals surface area contributed by atoms with Crippen LogP contribution >= 0.6 is 0 Å². The molecule has 0 aliphatic heterocycles. The van der Waals surface area contributed by atoms with E-state index < -0.39 is 20.4 Å². The van der Waals surface area contributed by atoms with Gasteiger partial charge in [-0.05, 0) is 72.5 Å². The molecule has 3 aromatic rings. The number of carbonyl (C=O) groups excluding carboxylic acids is 2. The Kier molecular flexibility index (Phi) is 12.0. The third-order valence-electron chi connectivity index (χ3n) is 8.77. The summed E-state index contributed by atoms with van der Waals surface area (Å²) >= 11 is 0. The van der Waals surface area contributed by atoms with Gasteiger partial charge in [-0.25, -0.2) is 9.59 Å². The highest BCUT2D eigenvalue weighted by Gasteiger charge is 2.50. The van der Waals surface area contributed by atoms with Gasteiger partial charge in [-0.1, -0.05) is 113 Å². The average Bonchev–Trinajstić information content (AvgIpc) is 3.46. The summed E-state index contributed by atoms with van der Waals surface area (Å²) in [5.74, 6) is -0.813. The Morgan fingerprint density at radius 3 is 1.93 bits per heavy atom. The first-order valence-electron chi connectivity index (χ1n) is 16.0. The first-order chi connectivity index (χ1) is 21.5. The van der Waals surface area contributed by atoms with Crippen LogP contribution in [0.4, 0.5) is 0 Å². The lowest BCUT2D eigenvalue weighted by Gasteiger charge is -2.44. The molecular weight excluding hydrogens is 580 g/mol. The third-order valence-corrected chi connectivity index (χ3v) is 13.8. The van der Waals surface area contributed by atoms with E-state index >= 15 is 0 Å². The van der Waals surface area contributed by atoms with E-state index in [-0.39, 0.29) is 35.9 Å². The van der Waals surface area contributed by atoms with Crippen molar-refractivity contribution in [2.75, 3.05) is 13.4 Å². The minimum Gasteiger partial charge on any atom is -0.456 e. The zero-order valence-electron chi connectivity index (χ0n) is 27.4. The quantitative estimate of drug-likeness (QED) is 0.0813. The number of benzene rings is 3. The van der Waals surface area contributed by atoms with Crippen LogP contribution in [0.2, 0.25) is 5.04 Å². The second-order valence-electron chi connectivity index (χ2n) is 13.3. The molecule has 0 radical (unpaired) electrons. The van der Waals surface area contributed by atoms with Crippen LogP contribution in [-0.4, -0.2) is 45.4 Å². The van der Waals surface area contributed by atoms with E-state index in [4.69, 9.17) is 18.6 Å². The highest BCUT2D eigenvalue weighted by Crippen LogP contribution is 2.37. The Labute approximate surface area is 269 Å². The van der Waals surface area contributed by atoms with E-state index in [9.17, 15) is 9.59 Å². The van der Waals surface area contributed by atoms with E-state index in [2.05, 4.69) is 76.2 Å². The smallest absolute Gasteiger partial charge is 0.340 e. The van der Waals surface area contributed by atoms with Gasteiger partial charge in [-0.2, -0.15) is 0 Å². The number of hydrogen-bond donors (Lipinski definition) is 0. The molecule has 1 aliphatic carbocycles. The summed E-state index contributed by atoms with van der Waals surface area (Å²) < 4.78 is 24.7. The van der Waals surface area contributed by atoms with Crippen molar-refractivity contribution < 1.29 is 28.2 Å². The number of esters is 2. The lowest BCUT2D eigenvalue weighted by Crippen LogP contribution is -2.67. The van der Waals surface area contributed by atoms with Crippen molar-refractivity contribution in [3.05, 3.63) is 109 Å². The molecule has 0 amide bonds. The van der Waals surface area contributed by atoms with E-state index in [1.807, 2.05) is 31.2 Å². The van der Waals surface area contributed by atoms with Gasteiger partial charge in [-0.15, -0.1) is 0 Å². The minimum atomic E-state index is -2.83. The standard InChI is InChI=1S/C38H48O6Si/c1-30(18-17-25-35(39)44-38(5)26-15-16-27-38)34(41-29-42-36(40)31-19-9-6-10-20-31)28-43-45(37(2,3)4,32-21-11-7-12-22-32)33-23-13-8-14-24-33/h6-14,17,19-25,30,34H,15-16,18,26-29H2,1-5H3/b25-17+/t30-,34+/m1/s1. The zero-order chi connectivity index (χ0) is 32.3. The number of rotatable bonds is 14. The van der Waals surface area contributed by atoms with Gasteiger partial charge in [0.05, 0.1) is 18.3 Å². The molecule has 0 aromatic heterocycles. The Morgan fingerprint density at radius 2 is 1.40 bits per heavy atom. The van der Waals surface area contributed by atoms with Crippen molar-refractivity contribution in [2.45, 2.75) is 83.5 Å². The second-order valence-corrected chi connectivity index (χ2v) is 17.6. The van der Waals surface area contributed by atoms with E-state index in [1.165, 1.54) is 16.4 Å². The molecule has 0 bridgehead atoms. The SMILES string of the molecule is C[C@H](C/C=C/C(=O)OC1(C)CCCC1)[C@H](CO[Si](c1ccccc1)(c1ccccc1)C(C)(C)C)OCOC(=O)c1ccccc1. The lowest BCUT2D eigenvalue weighted by atomic mass is 10.0. The summed E-state index contributed by atoms with van der Waals surface area (Å²) in [5, 5.41) is 2.14. The Hall–Kier alpha value is -3.52. The molecule has 2 atom stereocenters. The Balaban J connectivity index is 1.54. The molecule has 1 saturated carbocycles. The monoisotopic (exact) mass is 628 g/mol. The van der Waals surface area contributed by atoms with Crippen LogP contribution in [0.25, 0.3) is 0 Å². The van der Waals surface area contributed by atoms with Crippen LogP contribution in [-0.2, 0) is 23.4 Å². The fourth-order valence-corrected chi connectivity index (χ4v) is 10.8. The number of allylic oxidation sites excluding steroid dienone is 1. The summed E-state index contributed by atoms with van der Waals surface area (Å²) in [7, 11) is -2.83. The largest absolute Gasteiger partial charge is 0.456 e. The maximum atomic E-state index is 12.6. The first kappa shape index (κ1) is 34.4. The first-order valence-corrected chi connectivity index (χ1v) is 17.9. The highest BCUT2D eigenvalue weighted by molar-refractivity contribution is 6.99. The van der Waals surface area contributed by atoms with Crippen molar-refractivity contribution in [1.82, 2.24) is 0 Å². The van der Waals surface area contributed by atoms with Gasteiger partial charge in [0.25, 0.3) is 8.32 Å². The molecule has 3 aromatic carbocycles. The molecule has 1 fully saturated rings. The topological polar surface area (TPSA) is 71.1 Å². The molecule has 0 N–H and O–H groups in total. The van der Waals surface area contributed by atoms with Crippen LogP contribution in [0.15, 0.2) is 103 Å². The van der Waals surface area contributed by atoms with Gasteiger partial charge < -0.3 is 18.6 Å². The normalized spacial score (nSPS) is 16.3. The summed E-state index contributed by atoms with van der Waals surface area (Å²) in [6, 6.07) is 29.8. The summed E-state index contributed by atoms with van der Waals surface area (Å²) in [4.78, 5) is 25.2. The lowest BCUT2D eigenvalue weighted by molar-refractivity contribution is -0.151. The van der Waals surface area contributed by atoms with E-state index in [0.717, 1.165) is 25.7 Å². The maximum absolute atomic E-state index is 12.6. The molecule has 4 rings (SSSR count). The summed E-state index contributed by atoms with van der Waals surface area (Å²) in [6.45, 7) is 10.9. The Morgan fingerprint density at radius 1 is 0.867 bits per heavy atom. The highest BCUT2D eigenvalue weighted by atomic mass is 28.4. The van der Waals surface area contributed by atoms with Gasteiger partial charge in [-0.3, -0.25) is 0 Å². The molecule has 240 valence electrons. The van der Waals surface area contributed by atoms with Gasteiger partial charge in [0.15, 0.2) is 6.79 Å². The molecule has 1 aliphatic rings. The predicted octanol–water partition coefficient (Wildman–Crippen LogP) is 7.22. The molecule has 45 heavy (non-hydrogen) atoms. The predicted molar refractivity (Wildman–Crippen MR) is 181 cm³/mol. The van der Waals surface area contributed by atoms with Crippen LogP contribution in [0.3, 0.4) is 0 Å². The number of carbonyl (C=O) groups is 2. The van der Waals surface area contributed by atoms with Crippen LogP contribution in [0, 0.1) is 5.92 Å². The molecule has 6 nitrogen and oxygen atoms in total. The molecule has 0 spiro atoms. The van der Waals surface area contributed by atoms with Gasteiger partial charge in [0, 0.05) is 6.08 Å². The van der Waals surface area contributed by atoms with E-state index in [0.29, 0.717) is 12.0 Å². The van der Waals surface area contributed by atoms with Crippen molar-refractivity contribution in [3.8, 4) is 0 Å². The van der Waals surface area contributed by atoms with Crippen molar-refractivity contribution in [2.24, 2.45) is 5.92 Å². The van der Waals surface area contributed by atoms with Crippen molar-refractivity contribution >= 4 is 30.6 Å². The molecule has 0 heterocycles. The molecule has 0 saturated heterocycles. The fraction of sp³-hybridized carbons (Fsp3) is 0.421. The van der Waals surface area contributed by atoms with Gasteiger partial charge in [0.2, 0.25) is 0 Å². The van der Waals surface area contributed by atoms with Crippen LogP contribution < -0.4 is 10.4 Å². The Bertz CT molecular complexity index is 1340. The van der Waals surface area contributed by atoms with Gasteiger partial charge >= 0.3 is 11.9 Å². The molecule has 7 heteroatoms. The minimum absolute atomic E-state index is 0.0511. The fourth-order valence-electron chi connectivity index (χ4n) is 6.21. The number of ether oxygens (including phenoxy) is 3. The molecule has 0 unspecified atom stereocenters. The zero-order valence-corrected chi connectivity index (χ0v) is 28.4. The van der Waals surface area contributed by atoms with Crippen molar-refractivity contribution in [3.63, 3.8) is 0 Å². The summed E-state index contributed by atoms with van der Waals surface area (Å²) in [6.07, 6.45) is 7.50. The third kappa shape index (κ3) is 9.03. The number of hydrogen-bond acceptors (Lipinski definition) is 6. The van der Waals surface area contributed by atoms with Gasteiger partial charge in [0.1, 0.15) is 5.60 Å². The van der Waals surface area contributed by atoms with Crippen LogP contribution in [0.5, 0.6) is 0 Å².